The molecule has 3 rings (SSSR count). The molecular weight excluding hydrogens is 210 g/mol. The highest BCUT2D eigenvalue weighted by Gasteiger charge is 2.21. The lowest BCUT2D eigenvalue weighted by molar-refractivity contribution is 0.349. The van der Waals surface area contributed by atoms with Crippen molar-refractivity contribution in [3.8, 4) is 5.75 Å². The minimum Gasteiger partial charge on any atom is -0.470 e. The first-order valence-electron chi connectivity index (χ1n) is 6.29. The summed E-state index contributed by atoms with van der Waals surface area (Å²) in [6, 6.07) is 12.8. The molecule has 2 aromatic rings. The first-order chi connectivity index (χ1) is 8.40. The van der Waals surface area contributed by atoms with E-state index in [9.17, 15) is 0 Å². The standard InChI is InChI=1S/C15H17NO/c1-2-3-10-16-11-17-15-13-7-5-4-6-12(13)8-9-14(15)16/h4-9H,2-3,10-11H2,1H3. The molecule has 1 aliphatic rings. The highest BCUT2D eigenvalue weighted by Crippen LogP contribution is 2.40. The molecule has 0 amide bonds. The third-order valence-corrected chi connectivity index (χ3v) is 3.35. The maximum atomic E-state index is 5.85. The number of ether oxygens (including phenoxy) is 1. The molecule has 2 heteroatoms. The third-order valence-electron chi connectivity index (χ3n) is 3.35. The topological polar surface area (TPSA) is 12.5 Å². The molecule has 0 N–H and O–H groups in total. The maximum Gasteiger partial charge on any atom is 0.161 e. The number of hydrogen-bond donors (Lipinski definition) is 0. The minimum absolute atomic E-state index is 0.698. The van der Waals surface area contributed by atoms with Gasteiger partial charge in [-0.2, -0.15) is 0 Å². The Kier molecular flexibility index (Phi) is 2.63. The average molecular weight is 227 g/mol. The second-order valence-electron chi connectivity index (χ2n) is 4.53. The van der Waals surface area contributed by atoms with E-state index in [0.29, 0.717) is 6.73 Å². The van der Waals surface area contributed by atoms with E-state index in [-0.39, 0.29) is 0 Å². The SMILES string of the molecule is CCCCN1COc2c1ccc1ccccc21. The Hall–Kier alpha value is -1.70. The molecule has 0 fully saturated rings. The molecule has 1 aliphatic heterocycles. The van der Waals surface area contributed by atoms with Crippen LogP contribution in [0.5, 0.6) is 5.75 Å². The molecule has 17 heavy (non-hydrogen) atoms. The number of nitrogens with zero attached hydrogens (tertiary/aromatic N) is 1. The normalized spacial score (nSPS) is 13.8. The van der Waals surface area contributed by atoms with E-state index in [1.54, 1.807) is 0 Å². The van der Waals surface area contributed by atoms with Crippen molar-refractivity contribution in [2.45, 2.75) is 19.8 Å². The Balaban J connectivity index is 2.02. The zero-order valence-electron chi connectivity index (χ0n) is 10.1. The lowest BCUT2D eigenvalue weighted by Gasteiger charge is -2.15. The summed E-state index contributed by atoms with van der Waals surface area (Å²) < 4.78 is 5.85. The van der Waals surface area contributed by atoms with Gasteiger partial charge in [-0.05, 0) is 17.9 Å². The third kappa shape index (κ3) is 1.74. The van der Waals surface area contributed by atoms with Crippen molar-refractivity contribution >= 4 is 16.5 Å². The van der Waals surface area contributed by atoms with Crippen molar-refractivity contribution in [2.75, 3.05) is 18.2 Å². The molecule has 2 aromatic carbocycles. The van der Waals surface area contributed by atoms with E-state index < -0.39 is 0 Å². The van der Waals surface area contributed by atoms with Gasteiger partial charge in [0.1, 0.15) is 0 Å². The van der Waals surface area contributed by atoms with Crippen LogP contribution in [0.1, 0.15) is 19.8 Å². The summed E-state index contributed by atoms with van der Waals surface area (Å²) in [4.78, 5) is 2.32. The number of fused-ring (bicyclic) bond motifs is 3. The monoisotopic (exact) mass is 227 g/mol. The van der Waals surface area contributed by atoms with Gasteiger partial charge in [0.25, 0.3) is 0 Å². The van der Waals surface area contributed by atoms with Crippen LogP contribution in [0.4, 0.5) is 5.69 Å². The average Bonchev–Trinajstić information content (AvgIpc) is 2.80. The van der Waals surface area contributed by atoms with Crippen molar-refractivity contribution in [1.29, 1.82) is 0 Å². The number of hydrogen-bond acceptors (Lipinski definition) is 2. The molecule has 0 bridgehead atoms. The van der Waals surface area contributed by atoms with Crippen LogP contribution >= 0.6 is 0 Å². The van der Waals surface area contributed by atoms with Crippen LogP contribution < -0.4 is 9.64 Å². The first-order valence-corrected chi connectivity index (χ1v) is 6.29. The Morgan fingerprint density at radius 1 is 1.18 bits per heavy atom. The fourth-order valence-electron chi connectivity index (χ4n) is 2.38. The van der Waals surface area contributed by atoms with Gasteiger partial charge in [-0.1, -0.05) is 43.7 Å². The fourth-order valence-corrected chi connectivity index (χ4v) is 2.38. The van der Waals surface area contributed by atoms with Crippen LogP contribution in [0.3, 0.4) is 0 Å². The Bertz CT molecular complexity index is 535. The Morgan fingerprint density at radius 3 is 2.94 bits per heavy atom. The maximum absolute atomic E-state index is 5.85. The van der Waals surface area contributed by atoms with Crippen LogP contribution in [0, 0.1) is 0 Å². The van der Waals surface area contributed by atoms with E-state index in [2.05, 4.69) is 48.2 Å². The number of benzene rings is 2. The Labute approximate surface area is 102 Å². The highest BCUT2D eigenvalue weighted by atomic mass is 16.5. The molecule has 0 saturated heterocycles. The van der Waals surface area contributed by atoms with Gasteiger partial charge in [-0.25, -0.2) is 0 Å². The van der Waals surface area contributed by atoms with E-state index in [1.165, 1.54) is 29.3 Å². The summed E-state index contributed by atoms with van der Waals surface area (Å²) in [5.41, 5.74) is 1.25. The van der Waals surface area contributed by atoms with Gasteiger partial charge in [0.05, 0.1) is 5.69 Å². The largest absolute Gasteiger partial charge is 0.470 e. The van der Waals surface area contributed by atoms with Gasteiger partial charge >= 0.3 is 0 Å². The predicted molar refractivity (Wildman–Crippen MR) is 71.7 cm³/mol. The van der Waals surface area contributed by atoms with Crippen LogP contribution in [-0.4, -0.2) is 13.3 Å². The molecule has 0 unspecified atom stereocenters. The zero-order chi connectivity index (χ0) is 11.7. The van der Waals surface area contributed by atoms with Crippen LogP contribution in [0.25, 0.3) is 10.8 Å². The van der Waals surface area contributed by atoms with Gasteiger partial charge < -0.3 is 9.64 Å². The lowest BCUT2D eigenvalue weighted by Crippen LogP contribution is -2.22. The van der Waals surface area contributed by atoms with Crippen LogP contribution in [-0.2, 0) is 0 Å². The van der Waals surface area contributed by atoms with Crippen molar-refractivity contribution in [3.05, 3.63) is 36.4 Å². The molecule has 0 radical (unpaired) electrons. The lowest BCUT2D eigenvalue weighted by atomic mass is 10.1. The molecule has 0 atom stereocenters. The van der Waals surface area contributed by atoms with Crippen molar-refractivity contribution < 1.29 is 4.74 Å². The van der Waals surface area contributed by atoms with Gasteiger partial charge in [-0.3, -0.25) is 0 Å². The molecule has 0 spiro atoms. The second-order valence-corrected chi connectivity index (χ2v) is 4.53. The van der Waals surface area contributed by atoms with E-state index in [1.807, 2.05) is 0 Å². The van der Waals surface area contributed by atoms with E-state index in [4.69, 9.17) is 4.74 Å². The molecular formula is C15H17NO. The number of unbranched alkanes of at least 4 members (excludes halogenated alkanes) is 1. The van der Waals surface area contributed by atoms with E-state index >= 15 is 0 Å². The van der Waals surface area contributed by atoms with Crippen LogP contribution in [0.2, 0.25) is 0 Å². The molecule has 1 heterocycles. The quantitative estimate of drug-likeness (QED) is 0.790. The van der Waals surface area contributed by atoms with Crippen molar-refractivity contribution in [3.63, 3.8) is 0 Å². The molecule has 0 aromatic heterocycles. The minimum atomic E-state index is 0.698. The highest BCUT2D eigenvalue weighted by molar-refractivity contribution is 5.94. The summed E-state index contributed by atoms with van der Waals surface area (Å²) in [6.07, 6.45) is 2.44. The van der Waals surface area contributed by atoms with Gasteiger partial charge in [0, 0.05) is 11.9 Å². The van der Waals surface area contributed by atoms with Gasteiger partial charge in [0.2, 0.25) is 0 Å². The number of anilines is 1. The Morgan fingerprint density at radius 2 is 2.06 bits per heavy atom. The summed E-state index contributed by atoms with van der Waals surface area (Å²) in [5, 5.41) is 2.48. The molecule has 2 nitrogen and oxygen atoms in total. The van der Waals surface area contributed by atoms with Gasteiger partial charge in [0.15, 0.2) is 12.5 Å². The van der Waals surface area contributed by atoms with Crippen LogP contribution in [0.15, 0.2) is 36.4 Å². The second kappa shape index (κ2) is 4.28. The van der Waals surface area contributed by atoms with Crippen molar-refractivity contribution in [2.24, 2.45) is 0 Å². The zero-order valence-corrected chi connectivity index (χ0v) is 10.1. The smallest absolute Gasteiger partial charge is 0.161 e. The summed E-state index contributed by atoms with van der Waals surface area (Å²) >= 11 is 0. The molecule has 88 valence electrons. The molecule has 0 aliphatic carbocycles. The summed E-state index contributed by atoms with van der Waals surface area (Å²) in [6.45, 7) is 4.00. The molecule has 0 saturated carbocycles. The number of rotatable bonds is 3. The predicted octanol–water partition coefficient (Wildman–Crippen LogP) is 3.80. The fraction of sp³-hybridized carbons (Fsp3) is 0.333. The summed E-state index contributed by atoms with van der Waals surface area (Å²) in [7, 11) is 0. The van der Waals surface area contributed by atoms with Gasteiger partial charge in [-0.15, -0.1) is 0 Å². The van der Waals surface area contributed by atoms with Crippen molar-refractivity contribution in [1.82, 2.24) is 0 Å². The van der Waals surface area contributed by atoms with E-state index in [0.717, 1.165) is 12.3 Å². The summed E-state index contributed by atoms with van der Waals surface area (Å²) in [5.74, 6) is 1.05. The first kappa shape index (κ1) is 10.5.